The van der Waals surface area contributed by atoms with Crippen LogP contribution in [0.5, 0.6) is 0 Å². The molecule has 0 bridgehead atoms. The van der Waals surface area contributed by atoms with Gasteiger partial charge >= 0.3 is 6.97 Å². The molecule has 1 aliphatic carbocycles. The lowest BCUT2D eigenvalue weighted by Gasteiger charge is -2.27. The number of benzene rings is 2. The summed E-state index contributed by atoms with van der Waals surface area (Å²) in [4.78, 5) is 11.1. The van der Waals surface area contributed by atoms with E-state index in [1.165, 1.54) is 6.07 Å². The Labute approximate surface area is 160 Å². The zero-order chi connectivity index (χ0) is 19.8. The number of halogens is 2. The molecular weight excluding hydrogens is 413 g/mol. The Morgan fingerprint density at radius 2 is 1.93 bits per heavy atom. The molecule has 2 aromatic rings. The van der Waals surface area contributed by atoms with Gasteiger partial charge in [0.1, 0.15) is 16.2 Å². The smallest absolute Gasteiger partial charge is 0.443 e. The van der Waals surface area contributed by atoms with Crippen LogP contribution in [0.3, 0.4) is 0 Å². The molecule has 12 heteroatoms. The van der Waals surface area contributed by atoms with Crippen molar-refractivity contribution in [2.24, 2.45) is 0 Å². The topological polar surface area (TPSA) is 100 Å². The quantitative estimate of drug-likeness (QED) is 0.362. The van der Waals surface area contributed by atoms with Gasteiger partial charge in [-0.25, -0.2) is 0 Å². The van der Waals surface area contributed by atoms with Crippen LogP contribution < -0.4 is 15.1 Å². The summed E-state index contributed by atoms with van der Waals surface area (Å²) >= 11 is 1.14. The van der Waals surface area contributed by atoms with Gasteiger partial charge in [-0.05, 0) is 18.2 Å². The fourth-order valence-electron chi connectivity index (χ4n) is 3.35. The van der Waals surface area contributed by atoms with E-state index < -0.39 is 27.4 Å². The van der Waals surface area contributed by atoms with Gasteiger partial charge in [-0.2, -0.15) is 8.42 Å². The summed E-state index contributed by atoms with van der Waals surface area (Å²) in [7, 11) is -4.74. The molecule has 0 radical (unpaired) electrons. The minimum Gasteiger partial charge on any atom is -0.443 e. The third kappa shape index (κ3) is 2.38. The Bertz CT molecular complexity index is 1430. The maximum atomic E-state index is 14.8. The van der Waals surface area contributed by atoms with Crippen molar-refractivity contribution < 1.29 is 30.5 Å². The largest absolute Gasteiger partial charge is 0.734 e. The summed E-state index contributed by atoms with van der Waals surface area (Å²) < 4.78 is 68.7. The Morgan fingerprint density at radius 3 is 2.68 bits per heavy atom. The number of hydrogen-bond donors (Lipinski definition) is 2. The molecule has 0 saturated carbocycles. The highest BCUT2D eigenvalue weighted by Gasteiger charge is 2.50. The number of fused-ring (bicyclic) bond motifs is 6. The van der Waals surface area contributed by atoms with Gasteiger partial charge in [0.2, 0.25) is 10.4 Å². The molecule has 3 aliphatic rings. The van der Waals surface area contributed by atoms with E-state index in [0.717, 1.165) is 27.9 Å². The lowest BCUT2D eigenvalue weighted by Crippen LogP contribution is -2.66. The predicted molar refractivity (Wildman–Crippen MR) is 99.4 cm³/mol. The van der Waals surface area contributed by atoms with Crippen LogP contribution in [-0.4, -0.2) is 19.9 Å². The van der Waals surface area contributed by atoms with Crippen LogP contribution in [0.2, 0.25) is 0 Å². The number of nitrogens with one attached hydrogen (secondary N) is 1. The molecule has 28 heavy (non-hydrogen) atoms. The third-order valence-corrected chi connectivity index (χ3v) is 6.57. The molecule has 0 saturated heterocycles. The number of rotatable bonds is 1. The molecule has 5 rings (SSSR count). The van der Waals surface area contributed by atoms with E-state index in [1.54, 1.807) is 24.3 Å². The minimum absolute atomic E-state index is 0.0789. The van der Waals surface area contributed by atoms with E-state index in [4.69, 9.17) is 4.42 Å². The Balaban J connectivity index is 1.87. The molecule has 0 unspecified atom stereocenters. The number of aromatic nitrogens is 1. The van der Waals surface area contributed by atoms with Crippen molar-refractivity contribution in [1.29, 1.82) is 0 Å². The van der Waals surface area contributed by atoms with E-state index in [1.807, 2.05) is 0 Å². The SMILES string of the molecule is O=c1cc2oc3c(cc-2cc1S(=O)(=O)O)-c1sc2ccccc2[n+]1[B-](F)(F)N3. The molecular formula is C16H9BF2N2O5S2. The van der Waals surface area contributed by atoms with Gasteiger partial charge in [0, 0.05) is 17.7 Å². The van der Waals surface area contributed by atoms with Crippen molar-refractivity contribution >= 4 is 44.5 Å². The number of nitrogens with zero attached hydrogens (tertiary/aromatic N) is 1. The molecule has 1 aromatic heterocycles. The number of para-hydroxylation sites is 1. The standard InChI is InChI=1S/C16H9BF2N2O5S2/c18-17(19)20-15-9(16-21(17)10-3-1-2-4-13(10)27-16)5-8-6-14(28(23,24)25)11(22)7-12(8)26-15/h1-7,20H,(H,23,24,25). The Kier molecular flexibility index (Phi) is 3.31. The number of anilines is 1. The van der Waals surface area contributed by atoms with Crippen molar-refractivity contribution in [1.82, 2.24) is 0 Å². The van der Waals surface area contributed by atoms with Crippen LogP contribution in [0.15, 0.2) is 56.6 Å². The first-order valence-electron chi connectivity index (χ1n) is 7.98. The van der Waals surface area contributed by atoms with Gasteiger partial charge in [0.15, 0.2) is 11.4 Å². The molecule has 142 valence electrons. The molecule has 2 N–H and O–H groups in total. The normalized spacial score (nSPS) is 15.2. The lowest BCUT2D eigenvalue weighted by atomic mass is 9.92. The molecule has 0 atom stereocenters. The Morgan fingerprint density at radius 1 is 1.18 bits per heavy atom. The van der Waals surface area contributed by atoms with Crippen LogP contribution in [0, 0.1) is 0 Å². The first-order chi connectivity index (χ1) is 13.1. The van der Waals surface area contributed by atoms with Gasteiger partial charge in [0.25, 0.3) is 10.1 Å². The summed E-state index contributed by atoms with van der Waals surface area (Å²) in [6.07, 6.45) is 0. The summed E-state index contributed by atoms with van der Waals surface area (Å²) in [5, 5.41) is 2.32. The molecule has 1 aromatic carbocycles. The van der Waals surface area contributed by atoms with Crippen molar-refractivity contribution in [2.75, 3.05) is 5.23 Å². The van der Waals surface area contributed by atoms with Gasteiger partial charge in [-0.15, -0.1) is 0 Å². The van der Waals surface area contributed by atoms with Crippen LogP contribution >= 0.6 is 11.3 Å². The second kappa shape index (κ2) is 5.37. The van der Waals surface area contributed by atoms with Crippen LogP contribution in [0.4, 0.5) is 14.5 Å². The molecule has 7 nitrogen and oxygen atoms in total. The highest BCUT2D eigenvalue weighted by molar-refractivity contribution is 7.85. The van der Waals surface area contributed by atoms with Gasteiger partial charge in [-0.3, -0.25) is 9.35 Å². The first-order valence-corrected chi connectivity index (χ1v) is 10.2. The Hall–Kier alpha value is -2.83. The molecule has 2 aliphatic heterocycles. The first kappa shape index (κ1) is 17.3. The van der Waals surface area contributed by atoms with Crippen molar-refractivity contribution in [3.8, 4) is 21.9 Å². The van der Waals surface area contributed by atoms with E-state index in [-0.39, 0.29) is 22.2 Å². The number of hydrogen-bond acceptors (Lipinski definition) is 6. The van der Waals surface area contributed by atoms with Crippen molar-refractivity contribution in [2.45, 2.75) is 4.90 Å². The van der Waals surface area contributed by atoms with Crippen LogP contribution in [0.25, 0.3) is 32.1 Å². The maximum Gasteiger partial charge on any atom is 0.734 e. The van der Waals surface area contributed by atoms with Crippen LogP contribution in [0.1, 0.15) is 0 Å². The van der Waals surface area contributed by atoms with Crippen LogP contribution in [-0.2, 0) is 10.1 Å². The van der Waals surface area contributed by atoms with Gasteiger partial charge in [0.05, 0.1) is 4.70 Å². The molecule has 0 spiro atoms. The summed E-state index contributed by atoms with van der Waals surface area (Å²) in [5.41, 5.74) is -0.182. The molecule has 3 heterocycles. The van der Waals surface area contributed by atoms with E-state index in [2.05, 4.69) is 5.23 Å². The zero-order valence-electron chi connectivity index (χ0n) is 13.7. The van der Waals surface area contributed by atoms with E-state index in [9.17, 15) is 26.4 Å². The van der Waals surface area contributed by atoms with Crippen molar-refractivity contribution in [3.05, 3.63) is 52.7 Å². The monoisotopic (exact) mass is 422 g/mol. The second-order valence-corrected chi connectivity index (χ2v) is 8.74. The average molecular weight is 422 g/mol. The van der Waals surface area contributed by atoms with Gasteiger partial charge in [-0.1, -0.05) is 23.5 Å². The molecule has 0 amide bonds. The summed E-state index contributed by atoms with van der Waals surface area (Å²) in [6.45, 7) is -4.23. The van der Waals surface area contributed by atoms with E-state index >= 15 is 0 Å². The molecule has 0 fully saturated rings. The lowest BCUT2D eigenvalue weighted by molar-refractivity contribution is -0.520. The average Bonchev–Trinajstić information content (AvgIpc) is 2.99. The van der Waals surface area contributed by atoms with Gasteiger partial charge < -0.3 is 22.8 Å². The number of thiazole rings is 1. The highest BCUT2D eigenvalue weighted by atomic mass is 32.2. The summed E-state index contributed by atoms with van der Waals surface area (Å²) in [6, 6.07) is 9.95. The predicted octanol–water partition coefficient (Wildman–Crippen LogP) is 2.81. The minimum atomic E-state index is -4.74. The maximum absolute atomic E-state index is 14.8. The summed E-state index contributed by atoms with van der Waals surface area (Å²) in [5.74, 6) is -0.298. The highest BCUT2D eigenvalue weighted by Crippen LogP contribution is 2.42. The van der Waals surface area contributed by atoms with Crippen molar-refractivity contribution in [3.63, 3.8) is 0 Å². The fraction of sp³-hybridized carbons (Fsp3) is 0. The van der Waals surface area contributed by atoms with E-state index in [0.29, 0.717) is 15.8 Å². The fourth-order valence-corrected chi connectivity index (χ4v) is 5.15. The zero-order valence-corrected chi connectivity index (χ0v) is 15.4. The third-order valence-electron chi connectivity index (χ3n) is 4.52. The second-order valence-electron chi connectivity index (χ2n) is 6.32.